The highest BCUT2D eigenvalue weighted by molar-refractivity contribution is 7.36. The zero-order chi connectivity index (χ0) is 22.8. The molecular weight excluding hydrogens is 436 g/mol. The van der Waals surface area contributed by atoms with Crippen LogP contribution in [0, 0.1) is 0 Å². The van der Waals surface area contributed by atoms with Gasteiger partial charge in [-0.3, -0.25) is 9.36 Å². The number of rotatable bonds is 9. The number of aliphatic hydroxyl groups is 2. The standard InChI is InChI=1S/C17H25FN5O7P/c1-3-28-16(26)9(2)22-31(27)29-7-17(6-18)14(25)12(24)13(30-17)10-4-5-11-15(19)20-8-21-23(10)11/h4-5,8-9,12-14,24-25,31H,3,6-7H2,1-2H3,(H,22,27)(H2,19,20,21)/t9-,12-,13-,14-,17+/m0/s1. The second kappa shape index (κ2) is 9.55. The van der Waals surface area contributed by atoms with Crippen molar-refractivity contribution in [2.24, 2.45) is 0 Å². The molecule has 1 fully saturated rings. The lowest BCUT2D eigenvalue weighted by Gasteiger charge is -2.28. The first-order valence-electron chi connectivity index (χ1n) is 9.52. The van der Waals surface area contributed by atoms with Crippen molar-refractivity contribution in [3.8, 4) is 0 Å². The summed E-state index contributed by atoms with van der Waals surface area (Å²) in [4.78, 5) is 15.5. The van der Waals surface area contributed by atoms with Crippen molar-refractivity contribution in [1.82, 2.24) is 19.7 Å². The van der Waals surface area contributed by atoms with Gasteiger partial charge in [0, 0.05) is 0 Å². The maximum absolute atomic E-state index is 14.0. The molecule has 172 valence electrons. The SMILES string of the molecule is CCOC(=O)[C@H](C)N[PH](=O)OC[C@@]1(CF)O[C@@H](c2ccc3c(N)ncnn23)[C@H](O)[C@@H]1O. The number of anilines is 1. The molecule has 1 saturated heterocycles. The molecule has 1 aliphatic rings. The molecule has 0 aliphatic carbocycles. The van der Waals surface area contributed by atoms with Gasteiger partial charge in [-0.1, -0.05) is 0 Å². The Balaban J connectivity index is 1.73. The Labute approximate surface area is 177 Å². The van der Waals surface area contributed by atoms with Gasteiger partial charge in [-0.05, 0) is 26.0 Å². The van der Waals surface area contributed by atoms with E-state index in [1.54, 1.807) is 19.1 Å². The van der Waals surface area contributed by atoms with E-state index in [0.717, 1.165) is 0 Å². The summed E-state index contributed by atoms with van der Waals surface area (Å²) in [7, 11) is -3.02. The Kier molecular flexibility index (Phi) is 7.24. The van der Waals surface area contributed by atoms with Crippen LogP contribution in [-0.4, -0.2) is 74.5 Å². The third-order valence-electron chi connectivity index (χ3n) is 4.99. The first-order valence-corrected chi connectivity index (χ1v) is 10.8. The zero-order valence-electron chi connectivity index (χ0n) is 16.9. The Morgan fingerprint density at radius 3 is 2.94 bits per heavy atom. The number of nitrogens with one attached hydrogen (secondary N) is 1. The molecule has 3 heterocycles. The third kappa shape index (κ3) is 4.56. The molecule has 0 radical (unpaired) electrons. The molecule has 3 rings (SSSR count). The number of nitrogens with zero attached hydrogens (tertiary/aromatic N) is 3. The normalized spacial score (nSPS) is 28.0. The first-order chi connectivity index (χ1) is 14.7. The van der Waals surface area contributed by atoms with Crippen molar-refractivity contribution >= 4 is 25.5 Å². The lowest BCUT2D eigenvalue weighted by molar-refractivity contribution is -0.144. The van der Waals surface area contributed by atoms with Gasteiger partial charge in [0.25, 0.3) is 8.18 Å². The molecule has 0 saturated carbocycles. The van der Waals surface area contributed by atoms with E-state index in [1.165, 1.54) is 17.8 Å². The van der Waals surface area contributed by atoms with Crippen LogP contribution in [0.2, 0.25) is 0 Å². The van der Waals surface area contributed by atoms with Gasteiger partial charge in [0.2, 0.25) is 0 Å². The molecule has 5 N–H and O–H groups in total. The molecule has 1 aliphatic heterocycles. The number of hydrogen-bond donors (Lipinski definition) is 4. The van der Waals surface area contributed by atoms with E-state index < -0.39 is 57.4 Å². The molecule has 6 atom stereocenters. The highest BCUT2D eigenvalue weighted by Crippen LogP contribution is 2.42. The Bertz CT molecular complexity index is 962. The highest BCUT2D eigenvalue weighted by Gasteiger charge is 2.56. The van der Waals surface area contributed by atoms with Crippen LogP contribution >= 0.6 is 8.18 Å². The maximum Gasteiger partial charge on any atom is 0.323 e. The molecule has 1 unspecified atom stereocenters. The summed E-state index contributed by atoms with van der Waals surface area (Å²) in [6, 6.07) is 2.23. The predicted molar refractivity (Wildman–Crippen MR) is 106 cm³/mol. The van der Waals surface area contributed by atoms with E-state index in [4.69, 9.17) is 19.7 Å². The number of fused-ring (bicyclic) bond motifs is 1. The third-order valence-corrected chi connectivity index (χ3v) is 6.06. The highest BCUT2D eigenvalue weighted by atomic mass is 31.1. The van der Waals surface area contributed by atoms with Gasteiger partial charge in [-0.25, -0.2) is 19.0 Å². The van der Waals surface area contributed by atoms with Gasteiger partial charge < -0.3 is 29.9 Å². The molecule has 0 bridgehead atoms. The fourth-order valence-corrected chi connectivity index (χ4v) is 4.22. The van der Waals surface area contributed by atoms with Gasteiger partial charge in [-0.2, -0.15) is 5.10 Å². The van der Waals surface area contributed by atoms with Crippen LogP contribution in [0.5, 0.6) is 0 Å². The van der Waals surface area contributed by atoms with E-state index in [0.29, 0.717) is 11.2 Å². The largest absolute Gasteiger partial charge is 0.465 e. The molecule has 12 nitrogen and oxygen atoms in total. The van der Waals surface area contributed by atoms with E-state index >= 15 is 0 Å². The lowest BCUT2D eigenvalue weighted by Crippen LogP contribution is -2.48. The lowest BCUT2D eigenvalue weighted by atomic mass is 9.96. The minimum absolute atomic E-state index is 0.155. The quantitative estimate of drug-likeness (QED) is 0.287. The van der Waals surface area contributed by atoms with Crippen LogP contribution in [0.15, 0.2) is 18.5 Å². The number of esters is 1. The van der Waals surface area contributed by atoms with Crippen LogP contribution < -0.4 is 10.8 Å². The van der Waals surface area contributed by atoms with Gasteiger partial charge in [-0.15, -0.1) is 0 Å². The topological polar surface area (TPSA) is 171 Å². The predicted octanol–water partition coefficient (Wildman–Crippen LogP) is -0.240. The van der Waals surface area contributed by atoms with Crippen molar-refractivity contribution in [1.29, 1.82) is 0 Å². The van der Waals surface area contributed by atoms with Crippen molar-refractivity contribution in [3.05, 3.63) is 24.2 Å². The summed E-state index contributed by atoms with van der Waals surface area (Å²) >= 11 is 0. The number of halogens is 1. The summed E-state index contributed by atoms with van der Waals surface area (Å²) in [5, 5.41) is 27.5. The Morgan fingerprint density at radius 1 is 1.52 bits per heavy atom. The number of nitrogens with two attached hydrogens (primary N) is 1. The van der Waals surface area contributed by atoms with Gasteiger partial charge in [0.05, 0.1) is 18.9 Å². The molecule has 14 heteroatoms. The molecule has 0 spiro atoms. The summed E-state index contributed by atoms with van der Waals surface area (Å²) in [5.74, 6) is -0.437. The summed E-state index contributed by atoms with van der Waals surface area (Å²) in [6.45, 7) is 1.34. The minimum atomic E-state index is -3.02. The fraction of sp³-hybridized carbons (Fsp3) is 0.588. The summed E-state index contributed by atoms with van der Waals surface area (Å²) in [5.41, 5.74) is 4.57. The number of nitrogen functional groups attached to an aromatic ring is 1. The number of ether oxygens (including phenoxy) is 2. The molecule has 2 aromatic rings. The van der Waals surface area contributed by atoms with Crippen LogP contribution in [-0.2, 0) is 23.4 Å². The molecule has 31 heavy (non-hydrogen) atoms. The van der Waals surface area contributed by atoms with E-state index in [-0.39, 0.29) is 12.4 Å². The van der Waals surface area contributed by atoms with Gasteiger partial charge in [0.1, 0.15) is 48.5 Å². The number of carbonyl (C=O) groups is 1. The van der Waals surface area contributed by atoms with E-state index in [1.807, 2.05) is 0 Å². The van der Waals surface area contributed by atoms with Gasteiger partial charge in [0.15, 0.2) is 5.82 Å². The minimum Gasteiger partial charge on any atom is -0.465 e. The van der Waals surface area contributed by atoms with Crippen LogP contribution in [0.1, 0.15) is 25.6 Å². The van der Waals surface area contributed by atoms with E-state index in [9.17, 15) is 24.0 Å². The molecule has 2 aromatic heterocycles. The van der Waals surface area contributed by atoms with Crippen LogP contribution in [0.25, 0.3) is 5.52 Å². The van der Waals surface area contributed by atoms with Crippen molar-refractivity contribution in [2.75, 3.05) is 25.6 Å². The smallest absolute Gasteiger partial charge is 0.323 e. The summed E-state index contributed by atoms with van der Waals surface area (Å²) < 4.78 is 43.2. The van der Waals surface area contributed by atoms with Crippen molar-refractivity contribution in [3.63, 3.8) is 0 Å². The number of carbonyl (C=O) groups excluding carboxylic acids is 1. The molecule has 0 aromatic carbocycles. The number of aliphatic hydroxyl groups excluding tert-OH is 2. The fourth-order valence-electron chi connectivity index (χ4n) is 3.29. The van der Waals surface area contributed by atoms with Crippen molar-refractivity contribution in [2.45, 2.75) is 43.8 Å². The number of aromatic nitrogens is 3. The average molecular weight is 461 g/mol. The number of hydrogen-bond acceptors (Lipinski definition) is 10. The summed E-state index contributed by atoms with van der Waals surface area (Å²) in [6.07, 6.45) is -3.18. The molecular formula is C17H25FN5O7P. The van der Waals surface area contributed by atoms with Crippen LogP contribution in [0.4, 0.5) is 10.2 Å². The zero-order valence-corrected chi connectivity index (χ0v) is 17.9. The van der Waals surface area contributed by atoms with E-state index in [2.05, 4.69) is 15.2 Å². The Morgan fingerprint density at radius 2 is 2.26 bits per heavy atom. The Hall–Kier alpha value is -2.15. The maximum atomic E-state index is 14.0. The van der Waals surface area contributed by atoms with Crippen LogP contribution in [0.3, 0.4) is 0 Å². The second-order valence-corrected chi connectivity index (χ2v) is 8.22. The molecule has 0 amide bonds. The number of alkyl halides is 1. The average Bonchev–Trinajstić information content (AvgIpc) is 3.28. The first kappa shape index (κ1) is 23.5. The van der Waals surface area contributed by atoms with Crippen molar-refractivity contribution < 1.29 is 38.0 Å². The van der Waals surface area contributed by atoms with Gasteiger partial charge >= 0.3 is 5.97 Å². The monoisotopic (exact) mass is 461 g/mol. The second-order valence-electron chi connectivity index (χ2n) is 7.07.